The van der Waals surface area contributed by atoms with E-state index in [0.717, 1.165) is 19.3 Å². The van der Waals surface area contributed by atoms with Gasteiger partial charge in [-0.1, -0.05) is 26.0 Å². The van der Waals surface area contributed by atoms with Gasteiger partial charge < -0.3 is 0 Å². The maximum Gasteiger partial charge on any atom is 0.135 e. The van der Waals surface area contributed by atoms with Crippen molar-refractivity contribution in [1.29, 1.82) is 0 Å². The molecule has 0 spiro atoms. The molecule has 0 rings (SSSR count). The summed E-state index contributed by atoms with van der Waals surface area (Å²) in [6.07, 6.45) is 6.91. The Morgan fingerprint density at radius 2 is 2.09 bits per heavy atom. The summed E-state index contributed by atoms with van der Waals surface area (Å²) in [6.45, 7) is 5.92. The van der Waals surface area contributed by atoms with Gasteiger partial charge in [0.2, 0.25) is 0 Å². The predicted molar refractivity (Wildman–Crippen MR) is 48.5 cm³/mol. The van der Waals surface area contributed by atoms with Gasteiger partial charge in [0.25, 0.3) is 0 Å². The lowest BCUT2D eigenvalue weighted by Crippen LogP contribution is -2.05. The summed E-state index contributed by atoms with van der Waals surface area (Å²) in [7, 11) is 0. The number of carbonyl (C=O) groups excluding carboxylic acids is 1. The largest absolute Gasteiger partial charge is 0.299 e. The third-order valence-electron chi connectivity index (χ3n) is 1.67. The number of hydrogen-bond donors (Lipinski definition) is 0. The number of allylic oxidation sites excluding steroid dienone is 2. The molecule has 0 saturated heterocycles. The van der Waals surface area contributed by atoms with Crippen LogP contribution in [-0.4, -0.2) is 5.78 Å². The van der Waals surface area contributed by atoms with Crippen molar-refractivity contribution in [3.63, 3.8) is 0 Å². The van der Waals surface area contributed by atoms with Crippen LogP contribution in [0.5, 0.6) is 0 Å². The highest BCUT2D eigenvalue weighted by atomic mass is 16.1. The fraction of sp³-hybridized carbons (Fsp3) is 0.700. The van der Waals surface area contributed by atoms with E-state index in [2.05, 4.69) is 6.08 Å². The van der Waals surface area contributed by atoms with Crippen molar-refractivity contribution >= 4 is 5.78 Å². The maximum absolute atomic E-state index is 11.1. The second-order valence-electron chi connectivity index (χ2n) is 3.08. The highest BCUT2D eigenvalue weighted by Crippen LogP contribution is 2.04. The van der Waals surface area contributed by atoms with Crippen LogP contribution in [0.15, 0.2) is 12.2 Å². The molecule has 64 valence electrons. The number of ketones is 1. The molecule has 0 N–H and O–H groups in total. The maximum atomic E-state index is 11.1. The smallest absolute Gasteiger partial charge is 0.135 e. The SMILES string of the molecule is C/C=C/CCCC(=O)C(C)C. The summed E-state index contributed by atoms with van der Waals surface area (Å²) in [5.41, 5.74) is 0. The Kier molecular flexibility index (Phi) is 5.81. The van der Waals surface area contributed by atoms with E-state index >= 15 is 0 Å². The van der Waals surface area contributed by atoms with E-state index in [1.807, 2.05) is 26.8 Å². The molecule has 0 aromatic rings. The van der Waals surface area contributed by atoms with Crippen LogP contribution >= 0.6 is 0 Å². The van der Waals surface area contributed by atoms with Crippen molar-refractivity contribution in [3.05, 3.63) is 12.2 Å². The molecule has 0 aliphatic carbocycles. The highest BCUT2D eigenvalue weighted by molar-refractivity contribution is 5.80. The fourth-order valence-electron chi connectivity index (χ4n) is 0.849. The highest BCUT2D eigenvalue weighted by Gasteiger charge is 2.04. The molecule has 0 heterocycles. The van der Waals surface area contributed by atoms with Gasteiger partial charge in [0.1, 0.15) is 5.78 Å². The van der Waals surface area contributed by atoms with Crippen molar-refractivity contribution in [2.24, 2.45) is 5.92 Å². The van der Waals surface area contributed by atoms with E-state index in [-0.39, 0.29) is 5.92 Å². The van der Waals surface area contributed by atoms with Crippen LogP contribution in [-0.2, 0) is 4.79 Å². The van der Waals surface area contributed by atoms with E-state index < -0.39 is 0 Å². The minimum atomic E-state index is 0.209. The third-order valence-corrected chi connectivity index (χ3v) is 1.67. The summed E-state index contributed by atoms with van der Waals surface area (Å²) >= 11 is 0. The molecule has 11 heavy (non-hydrogen) atoms. The van der Waals surface area contributed by atoms with Gasteiger partial charge in [-0.25, -0.2) is 0 Å². The van der Waals surface area contributed by atoms with Crippen LogP contribution in [0.3, 0.4) is 0 Å². The molecule has 0 aliphatic rings. The van der Waals surface area contributed by atoms with Crippen LogP contribution in [0.25, 0.3) is 0 Å². The topological polar surface area (TPSA) is 17.1 Å². The molecule has 1 heteroatoms. The zero-order valence-electron chi connectivity index (χ0n) is 7.76. The van der Waals surface area contributed by atoms with Crippen molar-refractivity contribution in [1.82, 2.24) is 0 Å². The van der Waals surface area contributed by atoms with Gasteiger partial charge in [0, 0.05) is 12.3 Å². The minimum Gasteiger partial charge on any atom is -0.299 e. The van der Waals surface area contributed by atoms with E-state index in [0.29, 0.717) is 5.78 Å². The molecule has 0 atom stereocenters. The molecular formula is C10H18O. The quantitative estimate of drug-likeness (QED) is 0.439. The fourth-order valence-corrected chi connectivity index (χ4v) is 0.849. The Bertz CT molecular complexity index is 134. The molecule has 1 nitrogen and oxygen atoms in total. The van der Waals surface area contributed by atoms with Gasteiger partial charge in [0.05, 0.1) is 0 Å². The van der Waals surface area contributed by atoms with Crippen molar-refractivity contribution in [2.75, 3.05) is 0 Å². The Hall–Kier alpha value is -0.590. The van der Waals surface area contributed by atoms with Crippen LogP contribution in [0.2, 0.25) is 0 Å². The molecule has 0 saturated carbocycles. The molecule has 0 aromatic heterocycles. The standard InChI is InChI=1S/C10H18O/c1-4-5-6-7-8-10(11)9(2)3/h4-5,9H,6-8H2,1-3H3/b5-4+. The number of hydrogen-bond acceptors (Lipinski definition) is 1. The Balaban J connectivity index is 3.32. The summed E-state index contributed by atoms with van der Waals surface area (Å²) in [5.74, 6) is 0.593. The Morgan fingerprint density at radius 3 is 2.55 bits per heavy atom. The molecule has 0 radical (unpaired) electrons. The zero-order chi connectivity index (χ0) is 8.69. The monoisotopic (exact) mass is 154 g/mol. The van der Waals surface area contributed by atoms with E-state index in [1.165, 1.54) is 0 Å². The lowest BCUT2D eigenvalue weighted by atomic mass is 10.0. The summed E-state index contributed by atoms with van der Waals surface area (Å²) in [4.78, 5) is 11.1. The first-order chi connectivity index (χ1) is 5.18. The van der Waals surface area contributed by atoms with Crippen LogP contribution in [0.4, 0.5) is 0 Å². The van der Waals surface area contributed by atoms with Crippen LogP contribution in [0, 0.1) is 5.92 Å². The zero-order valence-corrected chi connectivity index (χ0v) is 7.76. The van der Waals surface area contributed by atoms with Crippen molar-refractivity contribution in [3.8, 4) is 0 Å². The number of rotatable bonds is 5. The average Bonchev–Trinajstić information content (AvgIpc) is 1.97. The van der Waals surface area contributed by atoms with Gasteiger partial charge in [-0.2, -0.15) is 0 Å². The number of carbonyl (C=O) groups is 1. The third kappa shape index (κ3) is 5.84. The normalized spacial score (nSPS) is 11.3. The summed E-state index contributed by atoms with van der Waals surface area (Å²) in [5, 5.41) is 0. The molecule has 0 aromatic carbocycles. The van der Waals surface area contributed by atoms with Gasteiger partial charge in [-0.15, -0.1) is 0 Å². The second kappa shape index (κ2) is 6.14. The van der Waals surface area contributed by atoms with Gasteiger partial charge in [0.15, 0.2) is 0 Å². The molecule has 0 bridgehead atoms. The lowest BCUT2D eigenvalue weighted by Gasteiger charge is -2.01. The minimum absolute atomic E-state index is 0.209. The van der Waals surface area contributed by atoms with E-state index in [4.69, 9.17) is 0 Å². The molecule has 0 amide bonds. The number of Topliss-reactive ketones (excluding diaryl/α,β-unsaturated/α-hetero) is 1. The lowest BCUT2D eigenvalue weighted by molar-refractivity contribution is -0.121. The van der Waals surface area contributed by atoms with Crippen molar-refractivity contribution in [2.45, 2.75) is 40.0 Å². The van der Waals surface area contributed by atoms with E-state index in [9.17, 15) is 4.79 Å². The van der Waals surface area contributed by atoms with Gasteiger partial charge in [-0.3, -0.25) is 4.79 Å². The van der Waals surface area contributed by atoms with Crippen LogP contribution < -0.4 is 0 Å². The van der Waals surface area contributed by atoms with Gasteiger partial charge in [-0.05, 0) is 19.8 Å². The Morgan fingerprint density at radius 1 is 1.45 bits per heavy atom. The first-order valence-electron chi connectivity index (χ1n) is 4.32. The average molecular weight is 154 g/mol. The predicted octanol–water partition coefficient (Wildman–Crippen LogP) is 2.96. The second-order valence-corrected chi connectivity index (χ2v) is 3.08. The molecule has 0 fully saturated rings. The van der Waals surface area contributed by atoms with Gasteiger partial charge >= 0.3 is 0 Å². The first-order valence-corrected chi connectivity index (χ1v) is 4.32. The summed E-state index contributed by atoms with van der Waals surface area (Å²) < 4.78 is 0. The molecular weight excluding hydrogens is 136 g/mol. The van der Waals surface area contributed by atoms with E-state index in [1.54, 1.807) is 0 Å². The molecule has 0 aliphatic heterocycles. The Labute approximate surface area is 69.5 Å². The summed E-state index contributed by atoms with van der Waals surface area (Å²) in [6, 6.07) is 0. The first kappa shape index (κ1) is 10.4. The van der Waals surface area contributed by atoms with Crippen molar-refractivity contribution < 1.29 is 4.79 Å². The molecule has 0 unspecified atom stereocenters. The van der Waals surface area contributed by atoms with Crippen LogP contribution in [0.1, 0.15) is 40.0 Å². The number of unbranched alkanes of at least 4 members (excludes halogenated alkanes) is 1.